The first kappa shape index (κ1) is 12.2. The van der Waals surface area contributed by atoms with Crippen LogP contribution in [-0.4, -0.2) is 28.6 Å². The smallest absolute Gasteiger partial charge is 0.222 e. The monoisotopic (exact) mass is 224 g/mol. The number of rotatable bonds is 5. The summed E-state index contributed by atoms with van der Waals surface area (Å²) in [5.41, 5.74) is 0.924. The molecule has 0 saturated heterocycles. The van der Waals surface area contributed by atoms with Gasteiger partial charge < -0.3 is 10.6 Å². The first-order valence-corrected chi connectivity index (χ1v) is 5.12. The van der Waals surface area contributed by atoms with E-state index >= 15 is 0 Å². The van der Waals surface area contributed by atoms with Crippen LogP contribution in [0.3, 0.4) is 0 Å². The summed E-state index contributed by atoms with van der Waals surface area (Å²) in [5, 5.41) is 11.9. The molecule has 0 fully saturated rings. The molecule has 1 unspecified atom stereocenters. The highest BCUT2D eigenvalue weighted by Gasteiger charge is 2.09. The first-order valence-electron chi connectivity index (χ1n) is 5.12. The van der Waals surface area contributed by atoms with E-state index in [1.165, 1.54) is 6.92 Å². The maximum Gasteiger partial charge on any atom is 0.222 e. The highest BCUT2D eigenvalue weighted by Crippen LogP contribution is 2.08. The Morgan fingerprint density at radius 3 is 2.88 bits per heavy atom. The van der Waals surface area contributed by atoms with E-state index in [1.807, 2.05) is 6.92 Å². The van der Waals surface area contributed by atoms with E-state index in [9.17, 15) is 9.59 Å². The fourth-order valence-electron chi connectivity index (χ4n) is 1.25. The predicted molar refractivity (Wildman–Crippen MR) is 58.4 cm³/mol. The second-order valence-electron chi connectivity index (χ2n) is 3.55. The molecule has 0 spiro atoms. The zero-order valence-electron chi connectivity index (χ0n) is 9.41. The second kappa shape index (κ2) is 5.89. The van der Waals surface area contributed by atoms with Crippen LogP contribution in [0.5, 0.6) is 0 Å². The van der Waals surface area contributed by atoms with Gasteiger partial charge >= 0.3 is 0 Å². The largest absolute Gasteiger partial charge is 0.356 e. The molecule has 0 aliphatic carbocycles. The van der Waals surface area contributed by atoms with Crippen LogP contribution in [0, 0.1) is 0 Å². The number of nitrogens with one attached hydrogen (secondary N) is 3. The van der Waals surface area contributed by atoms with E-state index in [0.717, 1.165) is 5.56 Å². The highest BCUT2D eigenvalue weighted by atomic mass is 16.2. The van der Waals surface area contributed by atoms with Crippen LogP contribution >= 0.6 is 0 Å². The van der Waals surface area contributed by atoms with Crippen molar-refractivity contribution in [1.82, 2.24) is 20.8 Å². The Kier molecular flexibility index (Phi) is 4.50. The van der Waals surface area contributed by atoms with E-state index in [2.05, 4.69) is 20.8 Å². The quantitative estimate of drug-likeness (QED) is 0.663. The maximum absolute atomic E-state index is 11.4. The van der Waals surface area contributed by atoms with Gasteiger partial charge in [-0.1, -0.05) is 0 Å². The van der Waals surface area contributed by atoms with Crippen molar-refractivity contribution in [2.45, 2.75) is 26.3 Å². The SMILES string of the molecule is CC(=O)NCCC(=O)NC(C)c1cn[nH]c1. The van der Waals surface area contributed by atoms with Crippen molar-refractivity contribution < 1.29 is 9.59 Å². The minimum atomic E-state index is -0.129. The van der Waals surface area contributed by atoms with E-state index in [0.29, 0.717) is 6.54 Å². The van der Waals surface area contributed by atoms with Gasteiger partial charge in [0, 0.05) is 31.6 Å². The molecular formula is C10H16N4O2. The number of hydrogen-bond donors (Lipinski definition) is 3. The molecular weight excluding hydrogens is 208 g/mol. The van der Waals surface area contributed by atoms with Gasteiger partial charge in [0.15, 0.2) is 0 Å². The van der Waals surface area contributed by atoms with E-state index in [4.69, 9.17) is 0 Å². The van der Waals surface area contributed by atoms with Crippen LogP contribution in [0.1, 0.15) is 31.9 Å². The van der Waals surface area contributed by atoms with Gasteiger partial charge in [-0.25, -0.2) is 0 Å². The average molecular weight is 224 g/mol. The third-order valence-electron chi connectivity index (χ3n) is 2.12. The van der Waals surface area contributed by atoms with E-state index < -0.39 is 0 Å². The van der Waals surface area contributed by atoms with Gasteiger partial charge in [0.2, 0.25) is 11.8 Å². The van der Waals surface area contributed by atoms with Crippen molar-refractivity contribution in [3.05, 3.63) is 18.0 Å². The van der Waals surface area contributed by atoms with Crippen LogP contribution in [0.4, 0.5) is 0 Å². The maximum atomic E-state index is 11.4. The number of nitrogens with zero attached hydrogens (tertiary/aromatic N) is 1. The van der Waals surface area contributed by atoms with Gasteiger partial charge in [-0.15, -0.1) is 0 Å². The molecule has 88 valence electrons. The molecule has 3 N–H and O–H groups in total. The van der Waals surface area contributed by atoms with Crippen LogP contribution in [-0.2, 0) is 9.59 Å². The molecule has 1 aromatic heterocycles. The van der Waals surface area contributed by atoms with Gasteiger partial charge in [-0.2, -0.15) is 5.10 Å². The lowest BCUT2D eigenvalue weighted by molar-refractivity contribution is -0.122. The molecule has 16 heavy (non-hydrogen) atoms. The zero-order valence-corrected chi connectivity index (χ0v) is 9.41. The topological polar surface area (TPSA) is 86.9 Å². The van der Waals surface area contributed by atoms with E-state index in [1.54, 1.807) is 12.4 Å². The van der Waals surface area contributed by atoms with Gasteiger partial charge in [-0.3, -0.25) is 14.7 Å². The molecule has 6 nitrogen and oxygen atoms in total. The number of aromatic nitrogens is 2. The van der Waals surface area contributed by atoms with Crippen LogP contribution in [0.15, 0.2) is 12.4 Å². The third-order valence-corrected chi connectivity index (χ3v) is 2.12. The van der Waals surface area contributed by atoms with Crippen molar-refractivity contribution >= 4 is 11.8 Å². The van der Waals surface area contributed by atoms with E-state index in [-0.39, 0.29) is 24.3 Å². The average Bonchev–Trinajstić information content (AvgIpc) is 2.69. The zero-order chi connectivity index (χ0) is 12.0. The summed E-state index contributed by atoms with van der Waals surface area (Å²) >= 11 is 0. The number of hydrogen-bond acceptors (Lipinski definition) is 3. The Hall–Kier alpha value is -1.85. The molecule has 1 rings (SSSR count). The normalized spacial score (nSPS) is 11.9. The number of carbonyl (C=O) groups excluding carboxylic acids is 2. The molecule has 0 radical (unpaired) electrons. The van der Waals surface area contributed by atoms with Crippen molar-refractivity contribution in [1.29, 1.82) is 0 Å². The summed E-state index contributed by atoms with van der Waals surface area (Å²) in [6, 6.07) is -0.0800. The van der Waals surface area contributed by atoms with Crippen LogP contribution < -0.4 is 10.6 Å². The van der Waals surface area contributed by atoms with Crippen molar-refractivity contribution in [3.8, 4) is 0 Å². The number of aromatic amines is 1. The lowest BCUT2D eigenvalue weighted by Crippen LogP contribution is -2.31. The van der Waals surface area contributed by atoms with Crippen LogP contribution in [0.2, 0.25) is 0 Å². The molecule has 0 aliphatic rings. The lowest BCUT2D eigenvalue weighted by Gasteiger charge is -2.11. The third kappa shape index (κ3) is 4.12. The highest BCUT2D eigenvalue weighted by molar-refractivity contribution is 5.78. The van der Waals surface area contributed by atoms with Gasteiger partial charge in [-0.05, 0) is 6.92 Å². The Morgan fingerprint density at radius 1 is 1.56 bits per heavy atom. The standard InChI is InChI=1S/C10H16N4O2/c1-7(9-5-12-13-6-9)14-10(16)3-4-11-8(2)15/h5-7H,3-4H2,1-2H3,(H,11,15)(H,12,13)(H,14,16). The molecule has 0 bridgehead atoms. The first-order chi connectivity index (χ1) is 7.59. The minimum Gasteiger partial charge on any atom is -0.356 e. The van der Waals surface area contributed by atoms with Crippen molar-refractivity contribution in [3.63, 3.8) is 0 Å². The van der Waals surface area contributed by atoms with Gasteiger partial charge in [0.1, 0.15) is 0 Å². The molecule has 1 aromatic rings. The minimum absolute atomic E-state index is 0.0800. The summed E-state index contributed by atoms with van der Waals surface area (Å²) in [7, 11) is 0. The molecule has 0 aliphatic heterocycles. The number of amides is 2. The van der Waals surface area contributed by atoms with Crippen molar-refractivity contribution in [2.75, 3.05) is 6.54 Å². The number of H-pyrrole nitrogens is 1. The molecule has 0 aromatic carbocycles. The van der Waals surface area contributed by atoms with Gasteiger partial charge in [0.05, 0.1) is 12.2 Å². The molecule has 1 heterocycles. The summed E-state index contributed by atoms with van der Waals surface area (Å²) in [6.07, 6.45) is 3.68. The predicted octanol–water partition coefficient (Wildman–Crippen LogP) is 0.113. The Labute approximate surface area is 93.8 Å². The molecule has 2 amide bonds. The summed E-state index contributed by atoms with van der Waals surface area (Å²) in [4.78, 5) is 22.0. The van der Waals surface area contributed by atoms with Crippen molar-refractivity contribution in [2.24, 2.45) is 0 Å². The summed E-state index contributed by atoms with van der Waals surface area (Å²) < 4.78 is 0. The Bertz CT molecular complexity index is 348. The van der Waals surface area contributed by atoms with Crippen LogP contribution in [0.25, 0.3) is 0 Å². The molecule has 6 heteroatoms. The van der Waals surface area contributed by atoms with Gasteiger partial charge in [0.25, 0.3) is 0 Å². The fourth-order valence-corrected chi connectivity index (χ4v) is 1.25. The molecule has 1 atom stereocenters. The molecule has 0 saturated carbocycles. The Balaban J connectivity index is 2.26. The lowest BCUT2D eigenvalue weighted by atomic mass is 10.2. The summed E-state index contributed by atoms with van der Waals surface area (Å²) in [6.45, 7) is 3.66. The Morgan fingerprint density at radius 2 is 2.31 bits per heavy atom. The summed E-state index contributed by atoms with van der Waals surface area (Å²) in [5.74, 6) is -0.224. The number of carbonyl (C=O) groups is 2. The fraction of sp³-hybridized carbons (Fsp3) is 0.500. The second-order valence-corrected chi connectivity index (χ2v) is 3.55.